The molecule has 0 aliphatic rings. The van der Waals surface area contributed by atoms with Gasteiger partial charge in [-0.3, -0.25) is 0 Å². The number of halogens is 4. The van der Waals surface area contributed by atoms with Crippen molar-refractivity contribution in [3.8, 4) is 5.75 Å². The molecule has 0 fully saturated rings. The molecule has 0 saturated heterocycles. The van der Waals surface area contributed by atoms with Crippen LogP contribution in [0.3, 0.4) is 0 Å². The van der Waals surface area contributed by atoms with E-state index in [-0.39, 0.29) is 0 Å². The average molecular weight is 396 g/mol. The molecular weight excluding hydrogens is 384 g/mol. The molecule has 0 bridgehead atoms. The zero-order chi connectivity index (χ0) is 14.9. The van der Waals surface area contributed by atoms with Gasteiger partial charge in [0, 0.05) is 10.6 Å². The maximum atomic E-state index is 6.29. The fraction of sp³-hybridized carbons (Fsp3) is 0.143. The minimum atomic E-state index is -0.422. The van der Waals surface area contributed by atoms with Crippen molar-refractivity contribution in [3.05, 3.63) is 61.0 Å². The summed E-state index contributed by atoms with van der Waals surface area (Å²) in [7, 11) is 1.58. The molecule has 0 saturated carbocycles. The Morgan fingerprint density at radius 1 is 1.10 bits per heavy atom. The lowest BCUT2D eigenvalue weighted by molar-refractivity contribution is 0.405. The van der Waals surface area contributed by atoms with Gasteiger partial charge < -0.3 is 10.5 Å². The summed E-state index contributed by atoms with van der Waals surface area (Å²) in [6.07, 6.45) is 0. The summed E-state index contributed by atoms with van der Waals surface area (Å²) in [6.45, 7) is 0. The van der Waals surface area contributed by atoms with Gasteiger partial charge in [-0.05, 0) is 45.8 Å². The SMILES string of the molecule is COc1c(Br)cc(Cl)cc1C(N)c1ccc(Cl)c(Cl)c1. The van der Waals surface area contributed by atoms with Crippen molar-refractivity contribution < 1.29 is 4.74 Å². The average Bonchev–Trinajstić information content (AvgIpc) is 2.40. The van der Waals surface area contributed by atoms with Gasteiger partial charge in [0.25, 0.3) is 0 Å². The van der Waals surface area contributed by atoms with Crippen molar-refractivity contribution in [2.24, 2.45) is 5.73 Å². The molecule has 106 valence electrons. The van der Waals surface area contributed by atoms with Crippen LogP contribution >= 0.6 is 50.7 Å². The second kappa shape index (κ2) is 6.54. The molecule has 2 nitrogen and oxygen atoms in total. The van der Waals surface area contributed by atoms with Crippen molar-refractivity contribution in [2.45, 2.75) is 6.04 Å². The second-order valence-electron chi connectivity index (χ2n) is 4.16. The summed E-state index contributed by atoms with van der Waals surface area (Å²) < 4.78 is 6.13. The quantitative estimate of drug-likeness (QED) is 0.748. The van der Waals surface area contributed by atoms with E-state index in [4.69, 9.17) is 45.3 Å². The summed E-state index contributed by atoms with van der Waals surface area (Å²) >= 11 is 21.4. The molecule has 2 aromatic rings. The molecule has 2 rings (SSSR count). The van der Waals surface area contributed by atoms with Gasteiger partial charge in [0.15, 0.2) is 0 Å². The number of benzene rings is 2. The van der Waals surface area contributed by atoms with Gasteiger partial charge in [-0.15, -0.1) is 0 Å². The van der Waals surface area contributed by atoms with Crippen molar-refractivity contribution in [1.82, 2.24) is 0 Å². The Morgan fingerprint density at radius 3 is 2.40 bits per heavy atom. The van der Waals surface area contributed by atoms with Crippen LogP contribution in [0.5, 0.6) is 5.75 Å². The largest absolute Gasteiger partial charge is 0.495 e. The van der Waals surface area contributed by atoms with Crippen LogP contribution < -0.4 is 10.5 Å². The first-order valence-corrected chi connectivity index (χ1v) is 7.60. The number of hydrogen-bond acceptors (Lipinski definition) is 2. The molecule has 0 amide bonds. The Morgan fingerprint density at radius 2 is 1.80 bits per heavy atom. The topological polar surface area (TPSA) is 35.2 Å². The van der Waals surface area contributed by atoms with Crippen LogP contribution in [0.4, 0.5) is 0 Å². The summed E-state index contributed by atoms with van der Waals surface area (Å²) in [5.74, 6) is 0.646. The van der Waals surface area contributed by atoms with E-state index in [1.165, 1.54) is 0 Å². The first-order valence-electron chi connectivity index (χ1n) is 5.67. The van der Waals surface area contributed by atoms with E-state index in [1.54, 1.807) is 31.4 Å². The van der Waals surface area contributed by atoms with Gasteiger partial charge in [-0.2, -0.15) is 0 Å². The second-order valence-corrected chi connectivity index (χ2v) is 6.27. The van der Waals surface area contributed by atoms with Crippen LogP contribution in [0, 0.1) is 0 Å². The van der Waals surface area contributed by atoms with Crippen molar-refractivity contribution in [2.75, 3.05) is 7.11 Å². The molecule has 1 unspecified atom stereocenters. The van der Waals surface area contributed by atoms with E-state index >= 15 is 0 Å². The molecule has 0 aliphatic heterocycles. The normalized spacial score (nSPS) is 12.3. The summed E-state index contributed by atoms with van der Waals surface area (Å²) in [5, 5.41) is 1.52. The smallest absolute Gasteiger partial charge is 0.138 e. The predicted octanol–water partition coefficient (Wildman–Crippen LogP) is 5.47. The molecule has 0 aliphatic carbocycles. The molecule has 2 N–H and O–H groups in total. The third-order valence-electron chi connectivity index (χ3n) is 2.88. The zero-order valence-electron chi connectivity index (χ0n) is 10.5. The van der Waals surface area contributed by atoms with Crippen molar-refractivity contribution >= 4 is 50.7 Å². The Bertz CT molecular complexity index is 649. The van der Waals surface area contributed by atoms with Gasteiger partial charge in [-0.1, -0.05) is 40.9 Å². The third-order valence-corrected chi connectivity index (χ3v) is 4.43. The Balaban J connectivity index is 2.52. The lowest BCUT2D eigenvalue weighted by atomic mass is 9.99. The lowest BCUT2D eigenvalue weighted by Crippen LogP contribution is -2.13. The maximum Gasteiger partial charge on any atom is 0.138 e. The summed E-state index contributed by atoms with van der Waals surface area (Å²) in [5.41, 5.74) is 7.88. The highest BCUT2D eigenvalue weighted by Gasteiger charge is 2.18. The third kappa shape index (κ3) is 3.23. The predicted molar refractivity (Wildman–Crippen MR) is 88.2 cm³/mol. The molecular formula is C14H11BrCl3NO. The number of methoxy groups -OCH3 is 1. The number of hydrogen-bond donors (Lipinski definition) is 1. The van der Waals surface area contributed by atoms with Gasteiger partial charge in [-0.25, -0.2) is 0 Å². The number of nitrogens with two attached hydrogens (primary N) is 1. The monoisotopic (exact) mass is 393 g/mol. The fourth-order valence-corrected chi connectivity index (χ4v) is 3.21. The lowest BCUT2D eigenvalue weighted by Gasteiger charge is -2.18. The van der Waals surface area contributed by atoms with E-state index in [1.807, 2.05) is 6.07 Å². The Hall–Kier alpha value is -0.450. The van der Waals surface area contributed by atoms with Crippen molar-refractivity contribution in [3.63, 3.8) is 0 Å². The highest BCUT2D eigenvalue weighted by Crippen LogP contribution is 2.38. The molecule has 2 aromatic carbocycles. The van der Waals surface area contributed by atoms with Crippen LogP contribution in [0.15, 0.2) is 34.8 Å². The maximum absolute atomic E-state index is 6.29. The standard InChI is InChI=1S/C14H11BrCl3NO/c1-20-14-9(5-8(16)6-10(14)15)13(19)7-2-3-11(17)12(18)4-7/h2-6,13H,19H2,1H3. The van der Waals surface area contributed by atoms with Crippen LogP contribution in [-0.4, -0.2) is 7.11 Å². The first kappa shape index (κ1) is 15.9. The van der Waals surface area contributed by atoms with Crippen LogP contribution in [-0.2, 0) is 0 Å². The van der Waals surface area contributed by atoms with E-state index in [0.717, 1.165) is 15.6 Å². The Labute approximate surface area is 140 Å². The minimum absolute atomic E-state index is 0.422. The van der Waals surface area contributed by atoms with E-state index < -0.39 is 6.04 Å². The highest BCUT2D eigenvalue weighted by atomic mass is 79.9. The van der Waals surface area contributed by atoms with E-state index in [2.05, 4.69) is 15.9 Å². The molecule has 20 heavy (non-hydrogen) atoms. The van der Waals surface area contributed by atoms with Gasteiger partial charge in [0.2, 0.25) is 0 Å². The molecule has 6 heteroatoms. The molecule has 0 heterocycles. The molecule has 0 radical (unpaired) electrons. The molecule has 1 atom stereocenters. The van der Waals surface area contributed by atoms with Gasteiger partial charge >= 0.3 is 0 Å². The van der Waals surface area contributed by atoms with Crippen LogP contribution in [0.25, 0.3) is 0 Å². The van der Waals surface area contributed by atoms with E-state index in [0.29, 0.717) is 20.8 Å². The number of ether oxygens (including phenoxy) is 1. The van der Waals surface area contributed by atoms with Crippen LogP contribution in [0.2, 0.25) is 15.1 Å². The zero-order valence-corrected chi connectivity index (χ0v) is 14.3. The number of rotatable bonds is 3. The van der Waals surface area contributed by atoms with E-state index in [9.17, 15) is 0 Å². The summed E-state index contributed by atoms with van der Waals surface area (Å²) in [4.78, 5) is 0. The van der Waals surface area contributed by atoms with Gasteiger partial charge in [0.1, 0.15) is 5.75 Å². The van der Waals surface area contributed by atoms with Crippen molar-refractivity contribution in [1.29, 1.82) is 0 Å². The summed E-state index contributed by atoms with van der Waals surface area (Å²) in [6, 6.07) is 8.39. The highest BCUT2D eigenvalue weighted by molar-refractivity contribution is 9.10. The first-order chi connectivity index (χ1) is 9.43. The Kier molecular flexibility index (Phi) is 5.21. The minimum Gasteiger partial charge on any atom is -0.495 e. The van der Waals surface area contributed by atoms with Crippen LogP contribution in [0.1, 0.15) is 17.2 Å². The van der Waals surface area contributed by atoms with Gasteiger partial charge in [0.05, 0.1) is 27.7 Å². The molecule has 0 spiro atoms. The fourth-order valence-electron chi connectivity index (χ4n) is 1.91. The molecule has 0 aromatic heterocycles.